The van der Waals surface area contributed by atoms with Gasteiger partial charge in [0.25, 0.3) is 0 Å². The zero-order chi connectivity index (χ0) is 11.5. The van der Waals surface area contributed by atoms with E-state index in [0.717, 1.165) is 42.8 Å². The third-order valence-corrected chi connectivity index (χ3v) is 3.03. The quantitative estimate of drug-likeness (QED) is 0.778. The fraction of sp³-hybridized carbons (Fsp3) is 0.538. The smallest absolute Gasteiger partial charge is 0.164 e. The van der Waals surface area contributed by atoms with Crippen LogP contribution >= 0.6 is 0 Å². The first-order valence-electron chi connectivity index (χ1n) is 5.96. The topological polar surface area (TPSA) is 34.9 Å². The number of rotatable bonds is 4. The lowest BCUT2D eigenvalue weighted by atomic mass is 10.1. The van der Waals surface area contributed by atoms with Crippen molar-refractivity contribution in [1.82, 2.24) is 9.78 Å². The highest BCUT2D eigenvalue weighted by atomic mass is 16.1. The van der Waals surface area contributed by atoms with E-state index in [9.17, 15) is 4.79 Å². The Balaban J connectivity index is 2.10. The van der Waals surface area contributed by atoms with Crippen molar-refractivity contribution in [2.75, 3.05) is 0 Å². The molecule has 0 aromatic carbocycles. The number of carbonyl (C=O) groups excluding carboxylic acids is 1. The Hall–Kier alpha value is -1.38. The summed E-state index contributed by atoms with van der Waals surface area (Å²) in [6.07, 6.45) is 5.74. The van der Waals surface area contributed by atoms with E-state index in [-0.39, 0.29) is 5.78 Å². The summed E-state index contributed by atoms with van der Waals surface area (Å²) in [6.45, 7) is 4.85. The Bertz CT molecular complexity index is 429. The zero-order valence-electron chi connectivity index (χ0n) is 9.99. The SMILES string of the molecule is CCn1nc(C)cc1CC(=O)C1=CCCC1. The van der Waals surface area contributed by atoms with E-state index in [0.29, 0.717) is 6.42 Å². The van der Waals surface area contributed by atoms with Crippen LogP contribution in [0.2, 0.25) is 0 Å². The summed E-state index contributed by atoms with van der Waals surface area (Å²) in [5.41, 5.74) is 3.05. The molecule has 3 nitrogen and oxygen atoms in total. The van der Waals surface area contributed by atoms with E-state index in [4.69, 9.17) is 0 Å². The molecule has 0 spiro atoms. The molecule has 0 fully saturated rings. The van der Waals surface area contributed by atoms with Gasteiger partial charge in [-0.2, -0.15) is 5.10 Å². The van der Waals surface area contributed by atoms with Crippen LogP contribution in [0.4, 0.5) is 0 Å². The van der Waals surface area contributed by atoms with E-state index >= 15 is 0 Å². The van der Waals surface area contributed by atoms with Crippen LogP contribution in [0.5, 0.6) is 0 Å². The molecule has 0 saturated carbocycles. The molecule has 0 saturated heterocycles. The van der Waals surface area contributed by atoms with Gasteiger partial charge < -0.3 is 0 Å². The molecular formula is C13H18N2O. The van der Waals surface area contributed by atoms with Crippen LogP contribution in [0.3, 0.4) is 0 Å². The minimum atomic E-state index is 0.270. The second-order valence-corrected chi connectivity index (χ2v) is 4.31. The fourth-order valence-electron chi connectivity index (χ4n) is 2.22. The Kier molecular flexibility index (Phi) is 3.22. The lowest BCUT2D eigenvalue weighted by Gasteiger charge is -2.04. The first-order valence-corrected chi connectivity index (χ1v) is 5.96. The van der Waals surface area contributed by atoms with Crippen molar-refractivity contribution >= 4 is 5.78 Å². The minimum absolute atomic E-state index is 0.270. The second-order valence-electron chi connectivity index (χ2n) is 4.31. The van der Waals surface area contributed by atoms with Crippen molar-refractivity contribution in [2.24, 2.45) is 0 Å². The lowest BCUT2D eigenvalue weighted by Crippen LogP contribution is -2.10. The van der Waals surface area contributed by atoms with Gasteiger partial charge in [0.1, 0.15) is 0 Å². The fourth-order valence-corrected chi connectivity index (χ4v) is 2.22. The molecular weight excluding hydrogens is 200 g/mol. The second kappa shape index (κ2) is 4.64. The van der Waals surface area contributed by atoms with Crippen molar-refractivity contribution in [2.45, 2.75) is 46.1 Å². The van der Waals surface area contributed by atoms with Gasteiger partial charge in [0.05, 0.1) is 12.1 Å². The first-order chi connectivity index (χ1) is 7.70. The van der Waals surface area contributed by atoms with Crippen molar-refractivity contribution in [1.29, 1.82) is 0 Å². The maximum atomic E-state index is 12.0. The molecule has 0 aliphatic heterocycles. The molecule has 1 aromatic heterocycles. The number of Topliss-reactive ketones (excluding diaryl/α,β-unsaturated/α-hetero) is 1. The van der Waals surface area contributed by atoms with Crippen LogP contribution in [0.15, 0.2) is 17.7 Å². The Morgan fingerprint density at radius 2 is 2.38 bits per heavy atom. The summed E-state index contributed by atoms with van der Waals surface area (Å²) in [7, 11) is 0. The highest BCUT2D eigenvalue weighted by molar-refractivity contribution is 5.96. The Morgan fingerprint density at radius 3 is 3.00 bits per heavy atom. The average molecular weight is 218 g/mol. The monoisotopic (exact) mass is 218 g/mol. The highest BCUT2D eigenvalue weighted by Gasteiger charge is 2.16. The van der Waals surface area contributed by atoms with Crippen molar-refractivity contribution in [3.8, 4) is 0 Å². The molecule has 2 rings (SSSR count). The maximum absolute atomic E-state index is 12.0. The van der Waals surface area contributed by atoms with Gasteiger partial charge in [-0.25, -0.2) is 0 Å². The number of carbonyl (C=O) groups is 1. The molecule has 0 atom stereocenters. The zero-order valence-corrected chi connectivity index (χ0v) is 9.99. The third kappa shape index (κ3) is 2.23. The maximum Gasteiger partial charge on any atom is 0.164 e. The number of nitrogens with zero attached hydrogens (tertiary/aromatic N) is 2. The summed E-state index contributed by atoms with van der Waals surface area (Å²) in [5, 5.41) is 4.35. The molecule has 0 bridgehead atoms. The van der Waals surface area contributed by atoms with E-state index in [1.54, 1.807) is 0 Å². The van der Waals surface area contributed by atoms with Crippen LogP contribution in [0.25, 0.3) is 0 Å². The van der Waals surface area contributed by atoms with Gasteiger partial charge in [-0.1, -0.05) is 6.08 Å². The Morgan fingerprint density at radius 1 is 1.56 bits per heavy atom. The normalized spacial score (nSPS) is 15.2. The number of hydrogen-bond donors (Lipinski definition) is 0. The van der Waals surface area contributed by atoms with Gasteiger partial charge in [0, 0.05) is 12.2 Å². The molecule has 1 aliphatic carbocycles. The number of hydrogen-bond acceptors (Lipinski definition) is 2. The van der Waals surface area contributed by atoms with E-state index in [2.05, 4.69) is 18.1 Å². The van der Waals surface area contributed by atoms with Crippen LogP contribution < -0.4 is 0 Å². The number of aryl methyl sites for hydroxylation is 2. The molecule has 0 unspecified atom stereocenters. The van der Waals surface area contributed by atoms with Gasteiger partial charge in [-0.3, -0.25) is 9.48 Å². The van der Waals surface area contributed by atoms with Gasteiger partial charge in [-0.15, -0.1) is 0 Å². The molecule has 0 N–H and O–H groups in total. The number of aromatic nitrogens is 2. The Labute approximate surface area is 96.2 Å². The number of ketones is 1. The predicted molar refractivity (Wildman–Crippen MR) is 63.3 cm³/mol. The summed E-state index contributed by atoms with van der Waals surface area (Å²) in [6, 6.07) is 2.01. The molecule has 3 heteroatoms. The van der Waals surface area contributed by atoms with Gasteiger partial charge in [0.2, 0.25) is 0 Å². The van der Waals surface area contributed by atoms with Crippen LogP contribution in [0, 0.1) is 6.92 Å². The average Bonchev–Trinajstić information content (AvgIpc) is 2.87. The summed E-state index contributed by atoms with van der Waals surface area (Å²) >= 11 is 0. The van der Waals surface area contributed by atoms with Crippen molar-refractivity contribution in [3.05, 3.63) is 29.1 Å². The summed E-state index contributed by atoms with van der Waals surface area (Å²) < 4.78 is 1.92. The van der Waals surface area contributed by atoms with E-state index < -0.39 is 0 Å². The van der Waals surface area contributed by atoms with Crippen LogP contribution in [-0.4, -0.2) is 15.6 Å². The number of allylic oxidation sites excluding steroid dienone is 2. The summed E-state index contributed by atoms with van der Waals surface area (Å²) in [5.74, 6) is 0.270. The molecule has 16 heavy (non-hydrogen) atoms. The van der Waals surface area contributed by atoms with Crippen molar-refractivity contribution < 1.29 is 4.79 Å². The van der Waals surface area contributed by atoms with Crippen molar-refractivity contribution in [3.63, 3.8) is 0 Å². The predicted octanol–water partition coefficient (Wildman–Crippen LogP) is 2.43. The molecule has 0 radical (unpaired) electrons. The van der Waals surface area contributed by atoms with Gasteiger partial charge in [-0.05, 0) is 44.7 Å². The first kappa shape index (κ1) is 11.1. The van der Waals surface area contributed by atoms with Crippen LogP contribution in [-0.2, 0) is 17.8 Å². The van der Waals surface area contributed by atoms with Gasteiger partial charge >= 0.3 is 0 Å². The molecule has 1 aliphatic rings. The third-order valence-electron chi connectivity index (χ3n) is 3.03. The standard InChI is InChI=1S/C13H18N2O/c1-3-15-12(8-10(2)14-15)9-13(16)11-6-4-5-7-11/h6,8H,3-5,7,9H2,1-2H3. The molecule has 86 valence electrons. The highest BCUT2D eigenvalue weighted by Crippen LogP contribution is 2.20. The van der Waals surface area contributed by atoms with Crippen LogP contribution in [0.1, 0.15) is 37.6 Å². The summed E-state index contributed by atoms with van der Waals surface area (Å²) in [4.78, 5) is 12.0. The largest absolute Gasteiger partial charge is 0.294 e. The van der Waals surface area contributed by atoms with E-state index in [1.807, 2.05) is 17.7 Å². The molecule has 1 heterocycles. The lowest BCUT2D eigenvalue weighted by molar-refractivity contribution is -0.115. The molecule has 0 amide bonds. The van der Waals surface area contributed by atoms with Gasteiger partial charge in [0.15, 0.2) is 5.78 Å². The minimum Gasteiger partial charge on any atom is -0.294 e. The molecule has 1 aromatic rings. The van der Waals surface area contributed by atoms with E-state index in [1.165, 1.54) is 0 Å².